The van der Waals surface area contributed by atoms with Crippen LogP contribution in [0.5, 0.6) is 0 Å². The highest BCUT2D eigenvalue weighted by atomic mass is 17.0. The zero-order chi connectivity index (χ0) is 6.41. The van der Waals surface area contributed by atoms with Gasteiger partial charge in [0.15, 0.2) is 0 Å². The van der Waals surface area contributed by atoms with Crippen LogP contribution in [0.3, 0.4) is 0 Å². The van der Waals surface area contributed by atoms with Crippen LogP contribution in [0.2, 0.25) is 0 Å². The van der Waals surface area contributed by atoms with Crippen molar-refractivity contribution in [3.63, 3.8) is 0 Å². The molecular formula is C6H14O2. The van der Waals surface area contributed by atoms with Gasteiger partial charge >= 0.3 is 0 Å². The highest BCUT2D eigenvalue weighted by Crippen LogP contribution is 2.22. The van der Waals surface area contributed by atoms with Crippen molar-refractivity contribution >= 4 is 0 Å². The Morgan fingerprint density at radius 3 is 1.62 bits per heavy atom. The van der Waals surface area contributed by atoms with Gasteiger partial charge in [-0.1, -0.05) is 32.6 Å². The maximum Gasteiger partial charge on any atom is -0.0443 e. The Morgan fingerprint density at radius 1 is 1.12 bits per heavy atom. The lowest BCUT2D eigenvalue weighted by atomic mass is 10.2. The van der Waals surface area contributed by atoms with E-state index in [1.165, 1.54) is 25.7 Å². The van der Waals surface area contributed by atoms with Gasteiger partial charge in [0.1, 0.15) is 0 Å². The maximum atomic E-state index is 6.00. The predicted octanol–water partition coefficient (Wildman–Crippen LogP) is 2.21. The minimum atomic E-state index is 1.05. The van der Waals surface area contributed by atoms with E-state index in [0.717, 1.165) is 5.92 Å². The van der Waals surface area contributed by atoms with E-state index in [1.807, 2.05) is 0 Å². The molecule has 1 fully saturated rings. The number of rotatable bonds is 0. The summed E-state index contributed by atoms with van der Waals surface area (Å²) in [4.78, 5) is 0. The quantitative estimate of drug-likeness (QED) is 0.378. The van der Waals surface area contributed by atoms with Crippen molar-refractivity contribution in [1.82, 2.24) is 0 Å². The van der Waals surface area contributed by atoms with Gasteiger partial charge in [0.25, 0.3) is 0 Å². The van der Waals surface area contributed by atoms with Crippen LogP contribution >= 0.6 is 0 Å². The van der Waals surface area contributed by atoms with E-state index in [2.05, 4.69) is 6.92 Å². The molecule has 0 amide bonds. The van der Waals surface area contributed by atoms with Crippen LogP contribution in [-0.2, 0) is 0 Å². The predicted molar refractivity (Wildman–Crippen MR) is 32.9 cm³/mol. The Balaban J connectivity index is 0.000000222. The first-order chi connectivity index (χ1) is 3.89. The molecule has 1 saturated carbocycles. The molecule has 0 unspecified atom stereocenters. The van der Waals surface area contributed by atoms with Gasteiger partial charge in [0.2, 0.25) is 0 Å². The average molecular weight is 118 g/mol. The third-order valence-electron chi connectivity index (χ3n) is 1.64. The Hall–Kier alpha value is -0.0800. The normalized spacial score (nSPS) is 19.9. The van der Waals surface area contributed by atoms with Crippen molar-refractivity contribution in [3.8, 4) is 0 Å². The third-order valence-corrected chi connectivity index (χ3v) is 1.64. The van der Waals surface area contributed by atoms with E-state index in [0.29, 0.717) is 0 Å². The van der Waals surface area contributed by atoms with Gasteiger partial charge in [-0.3, -0.25) is 10.5 Å². The van der Waals surface area contributed by atoms with Gasteiger partial charge in [0.05, 0.1) is 0 Å². The zero-order valence-electron chi connectivity index (χ0n) is 5.30. The summed E-state index contributed by atoms with van der Waals surface area (Å²) in [7, 11) is 0. The molecule has 1 rings (SSSR count). The molecule has 0 spiro atoms. The van der Waals surface area contributed by atoms with E-state index in [9.17, 15) is 0 Å². The second kappa shape index (κ2) is 5.06. The van der Waals surface area contributed by atoms with Crippen LogP contribution in [0.15, 0.2) is 0 Å². The number of hydrogen-bond donors (Lipinski definition) is 2. The molecule has 50 valence electrons. The third kappa shape index (κ3) is 2.99. The molecule has 0 aromatic carbocycles. The van der Waals surface area contributed by atoms with Gasteiger partial charge < -0.3 is 0 Å². The van der Waals surface area contributed by atoms with Gasteiger partial charge in [0, 0.05) is 0 Å². The summed E-state index contributed by atoms with van der Waals surface area (Å²) in [6.07, 6.45) is 5.95. The van der Waals surface area contributed by atoms with Crippen LogP contribution in [-0.4, -0.2) is 10.5 Å². The lowest BCUT2D eigenvalue weighted by Crippen LogP contribution is -1.78. The van der Waals surface area contributed by atoms with E-state index in [-0.39, 0.29) is 0 Å². The van der Waals surface area contributed by atoms with Crippen LogP contribution in [0.1, 0.15) is 32.6 Å². The smallest absolute Gasteiger partial charge is 0.0443 e. The van der Waals surface area contributed by atoms with Gasteiger partial charge in [-0.25, -0.2) is 0 Å². The van der Waals surface area contributed by atoms with Gasteiger partial charge in [-0.2, -0.15) is 0 Å². The Bertz CT molecular complexity index is 39.8. The van der Waals surface area contributed by atoms with Crippen molar-refractivity contribution < 1.29 is 10.5 Å². The van der Waals surface area contributed by atoms with Crippen LogP contribution in [0, 0.1) is 5.92 Å². The second-order valence-electron chi connectivity index (χ2n) is 2.39. The van der Waals surface area contributed by atoms with Gasteiger partial charge in [-0.15, -0.1) is 0 Å². The molecule has 0 saturated heterocycles. The fourth-order valence-corrected chi connectivity index (χ4v) is 1.13. The highest BCUT2D eigenvalue weighted by Gasteiger charge is 2.07. The van der Waals surface area contributed by atoms with Crippen molar-refractivity contribution in [2.75, 3.05) is 0 Å². The molecule has 2 heteroatoms. The summed E-state index contributed by atoms with van der Waals surface area (Å²) < 4.78 is 0. The minimum Gasteiger partial charge on any atom is -0.255 e. The topological polar surface area (TPSA) is 40.5 Å². The summed E-state index contributed by atoms with van der Waals surface area (Å²) in [5.74, 6) is 1.05. The van der Waals surface area contributed by atoms with Crippen molar-refractivity contribution in [2.24, 2.45) is 5.92 Å². The first kappa shape index (κ1) is 7.92. The Morgan fingerprint density at radius 2 is 1.50 bits per heavy atom. The van der Waals surface area contributed by atoms with Crippen LogP contribution in [0.25, 0.3) is 0 Å². The standard InChI is InChI=1S/C6H12.H2O2/c1-6-4-2-3-5-6;1-2/h6H,2-5H2,1H3;1-2H. The van der Waals surface area contributed by atoms with E-state index in [4.69, 9.17) is 10.5 Å². The van der Waals surface area contributed by atoms with Crippen molar-refractivity contribution in [3.05, 3.63) is 0 Å². The lowest BCUT2D eigenvalue weighted by molar-refractivity contribution is -0.176. The average Bonchev–Trinajstić information content (AvgIpc) is 2.24. The van der Waals surface area contributed by atoms with Crippen LogP contribution in [0.4, 0.5) is 0 Å². The number of hydrogen-bond acceptors (Lipinski definition) is 2. The molecular weight excluding hydrogens is 104 g/mol. The second-order valence-corrected chi connectivity index (χ2v) is 2.39. The molecule has 1 aliphatic carbocycles. The molecule has 0 aliphatic heterocycles. The first-order valence-corrected chi connectivity index (χ1v) is 3.09. The van der Waals surface area contributed by atoms with Crippen molar-refractivity contribution in [1.29, 1.82) is 0 Å². The molecule has 2 nitrogen and oxygen atoms in total. The van der Waals surface area contributed by atoms with E-state index in [1.54, 1.807) is 0 Å². The largest absolute Gasteiger partial charge is 0.255 e. The fourth-order valence-electron chi connectivity index (χ4n) is 1.13. The molecule has 8 heavy (non-hydrogen) atoms. The fraction of sp³-hybridized carbons (Fsp3) is 1.00. The van der Waals surface area contributed by atoms with Crippen molar-refractivity contribution in [2.45, 2.75) is 32.6 Å². The molecule has 0 heterocycles. The highest BCUT2D eigenvalue weighted by molar-refractivity contribution is 4.60. The van der Waals surface area contributed by atoms with E-state index >= 15 is 0 Å². The minimum absolute atomic E-state index is 1.05. The monoisotopic (exact) mass is 118 g/mol. The van der Waals surface area contributed by atoms with Crippen LogP contribution < -0.4 is 0 Å². The molecule has 0 aromatic heterocycles. The molecule has 0 radical (unpaired) electrons. The summed E-state index contributed by atoms with van der Waals surface area (Å²) in [5.41, 5.74) is 0. The van der Waals surface area contributed by atoms with Gasteiger partial charge in [-0.05, 0) is 5.92 Å². The Labute approximate surface area is 50.1 Å². The Kier molecular flexibility index (Phi) is 5.01. The summed E-state index contributed by atoms with van der Waals surface area (Å²) in [5, 5.41) is 12.0. The lowest BCUT2D eigenvalue weighted by Gasteiger charge is -1.91. The molecule has 0 aromatic rings. The molecule has 2 N–H and O–H groups in total. The molecule has 0 atom stereocenters. The first-order valence-electron chi connectivity index (χ1n) is 3.09. The molecule has 0 bridgehead atoms. The SMILES string of the molecule is CC1CCCC1.OO. The summed E-state index contributed by atoms with van der Waals surface area (Å²) >= 11 is 0. The molecule has 1 aliphatic rings. The summed E-state index contributed by atoms with van der Waals surface area (Å²) in [6.45, 7) is 2.34. The van der Waals surface area contributed by atoms with E-state index < -0.39 is 0 Å². The zero-order valence-corrected chi connectivity index (χ0v) is 5.30. The summed E-state index contributed by atoms with van der Waals surface area (Å²) in [6, 6.07) is 0. The maximum absolute atomic E-state index is 6.00.